The molecule has 0 saturated carbocycles. The monoisotopic (exact) mass is 576 g/mol. The van der Waals surface area contributed by atoms with Gasteiger partial charge in [-0.25, -0.2) is 4.68 Å². The summed E-state index contributed by atoms with van der Waals surface area (Å²) in [6, 6.07) is 5.23. The van der Waals surface area contributed by atoms with Crippen molar-refractivity contribution in [3.05, 3.63) is 37.6 Å². The molecule has 1 fully saturated rings. The SMILES string of the molecule is CCC(=O)N1CCN(c2ccc(Cl)c(OC)c2)CC1n1nc(C(F)(F)F)c(Cl)c1I. The highest BCUT2D eigenvalue weighted by Gasteiger charge is 2.41. The lowest BCUT2D eigenvalue weighted by Gasteiger charge is -2.42. The number of hydrogen-bond donors (Lipinski definition) is 0. The number of amides is 1. The number of nitrogens with zero attached hydrogens (tertiary/aromatic N) is 4. The maximum Gasteiger partial charge on any atom is 0.436 e. The number of halogens is 6. The molecule has 3 rings (SSSR count). The third-order valence-corrected chi connectivity index (χ3v) is 6.85. The average molecular weight is 577 g/mol. The van der Waals surface area contributed by atoms with Crippen LogP contribution in [0.5, 0.6) is 5.75 Å². The number of rotatable bonds is 4. The number of carbonyl (C=O) groups is 1. The number of carbonyl (C=O) groups excluding carboxylic acids is 1. The molecule has 0 radical (unpaired) electrons. The number of alkyl halides is 3. The standard InChI is InChI=1S/C18H18Cl2F3IN4O2/c1-3-14(29)27-7-6-26(10-4-5-11(19)12(8-10)30-2)9-13(27)28-17(24)15(20)16(25-28)18(21,22)23/h4-5,8,13H,3,6-7,9H2,1-2H3. The number of hydrogen-bond acceptors (Lipinski definition) is 4. The van der Waals surface area contributed by atoms with Gasteiger partial charge in [0, 0.05) is 31.3 Å². The molecule has 0 bridgehead atoms. The predicted octanol–water partition coefficient (Wildman–Crippen LogP) is 5.08. The van der Waals surface area contributed by atoms with Crippen LogP contribution in [0.1, 0.15) is 25.2 Å². The van der Waals surface area contributed by atoms with E-state index in [-0.39, 0.29) is 22.6 Å². The van der Waals surface area contributed by atoms with Crippen LogP contribution in [0.3, 0.4) is 0 Å². The van der Waals surface area contributed by atoms with Crippen LogP contribution in [0, 0.1) is 3.70 Å². The second-order valence-corrected chi connectivity index (χ2v) is 8.39. The molecule has 1 aromatic carbocycles. The van der Waals surface area contributed by atoms with Gasteiger partial charge < -0.3 is 14.5 Å². The summed E-state index contributed by atoms with van der Waals surface area (Å²) < 4.78 is 46.5. The second-order valence-electron chi connectivity index (χ2n) is 6.58. The van der Waals surface area contributed by atoms with Crippen LogP contribution in [0.4, 0.5) is 18.9 Å². The van der Waals surface area contributed by atoms with E-state index in [0.717, 1.165) is 5.69 Å². The zero-order valence-corrected chi connectivity index (χ0v) is 19.7. The van der Waals surface area contributed by atoms with Gasteiger partial charge in [0.25, 0.3) is 0 Å². The molecule has 2 aromatic rings. The van der Waals surface area contributed by atoms with Crippen molar-refractivity contribution < 1.29 is 22.7 Å². The van der Waals surface area contributed by atoms with Crippen molar-refractivity contribution in [2.75, 3.05) is 31.6 Å². The third-order valence-electron chi connectivity index (χ3n) is 4.83. The van der Waals surface area contributed by atoms with Gasteiger partial charge in [0.1, 0.15) is 20.6 Å². The summed E-state index contributed by atoms with van der Waals surface area (Å²) in [6.07, 6.45) is -5.23. The van der Waals surface area contributed by atoms with Crippen LogP contribution in [0.25, 0.3) is 0 Å². The maximum absolute atomic E-state index is 13.3. The molecule has 1 atom stereocenters. The lowest BCUT2D eigenvalue weighted by molar-refractivity contribution is -0.142. The lowest BCUT2D eigenvalue weighted by Crippen LogP contribution is -2.53. The average Bonchev–Trinajstić information content (AvgIpc) is 3.02. The first-order valence-corrected chi connectivity index (χ1v) is 10.8. The van der Waals surface area contributed by atoms with E-state index in [9.17, 15) is 18.0 Å². The van der Waals surface area contributed by atoms with E-state index in [4.69, 9.17) is 27.9 Å². The molecule has 30 heavy (non-hydrogen) atoms. The second kappa shape index (κ2) is 8.99. The van der Waals surface area contributed by atoms with Crippen molar-refractivity contribution in [3.63, 3.8) is 0 Å². The molecule has 1 aliphatic heterocycles. The van der Waals surface area contributed by atoms with Gasteiger partial charge in [-0.1, -0.05) is 30.1 Å². The van der Waals surface area contributed by atoms with Gasteiger partial charge in [0.05, 0.1) is 18.7 Å². The minimum absolute atomic E-state index is 0.121. The van der Waals surface area contributed by atoms with Crippen LogP contribution < -0.4 is 9.64 Å². The molecule has 1 saturated heterocycles. The Hall–Kier alpha value is -1.40. The summed E-state index contributed by atoms with van der Waals surface area (Å²) in [5.74, 6) is 0.304. The van der Waals surface area contributed by atoms with Gasteiger partial charge in [-0.3, -0.25) is 4.79 Å². The van der Waals surface area contributed by atoms with E-state index < -0.39 is 23.1 Å². The van der Waals surface area contributed by atoms with Crippen molar-refractivity contribution in [2.24, 2.45) is 0 Å². The molecular weight excluding hydrogens is 559 g/mol. The van der Waals surface area contributed by atoms with Crippen LogP contribution in [0.15, 0.2) is 18.2 Å². The van der Waals surface area contributed by atoms with Gasteiger partial charge >= 0.3 is 6.18 Å². The molecule has 6 nitrogen and oxygen atoms in total. The predicted molar refractivity (Wildman–Crippen MR) is 116 cm³/mol. The molecule has 2 heterocycles. The summed E-state index contributed by atoms with van der Waals surface area (Å²) in [7, 11) is 1.50. The van der Waals surface area contributed by atoms with Gasteiger partial charge in [-0.05, 0) is 34.7 Å². The van der Waals surface area contributed by atoms with Gasteiger partial charge in [0.15, 0.2) is 5.69 Å². The summed E-state index contributed by atoms with van der Waals surface area (Å²) in [5.41, 5.74) is -0.392. The summed E-state index contributed by atoms with van der Waals surface area (Å²) in [4.78, 5) is 16.0. The molecular formula is C18H18Cl2F3IN4O2. The number of piperazine rings is 1. The lowest BCUT2D eigenvalue weighted by atomic mass is 10.2. The maximum atomic E-state index is 13.3. The van der Waals surface area contributed by atoms with Crippen molar-refractivity contribution in [1.29, 1.82) is 0 Å². The largest absolute Gasteiger partial charge is 0.495 e. The third kappa shape index (κ3) is 4.45. The Kier molecular flexibility index (Phi) is 6.97. The highest BCUT2D eigenvalue weighted by molar-refractivity contribution is 14.1. The van der Waals surface area contributed by atoms with Gasteiger partial charge in [-0.15, -0.1) is 0 Å². The van der Waals surface area contributed by atoms with Crippen LogP contribution in [-0.4, -0.2) is 47.3 Å². The van der Waals surface area contributed by atoms with E-state index in [0.29, 0.717) is 23.9 Å². The van der Waals surface area contributed by atoms with Crippen LogP contribution in [-0.2, 0) is 11.0 Å². The van der Waals surface area contributed by atoms with E-state index in [1.807, 2.05) is 4.90 Å². The van der Waals surface area contributed by atoms with E-state index in [1.54, 1.807) is 47.7 Å². The summed E-state index contributed by atoms with van der Waals surface area (Å²) in [6.45, 7) is 2.74. The Morgan fingerprint density at radius 3 is 2.60 bits per heavy atom. The molecule has 0 aliphatic carbocycles. The Morgan fingerprint density at radius 1 is 1.33 bits per heavy atom. The Balaban J connectivity index is 2.01. The number of aromatic nitrogens is 2. The van der Waals surface area contributed by atoms with Crippen molar-refractivity contribution in [2.45, 2.75) is 25.7 Å². The number of anilines is 1. The smallest absolute Gasteiger partial charge is 0.436 e. The van der Waals surface area contributed by atoms with Crippen molar-refractivity contribution in [3.8, 4) is 5.75 Å². The quantitative estimate of drug-likeness (QED) is 0.477. The van der Waals surface area contributed by atoms with Gasteiger partial charge in [-0.2, -0.15) is 18.3 Å². The number of benzene rings is 1. The fraction of sp³-hybridized carbons (Fsp3) is 0.444. The minimum Gasteiger partial charge on any atom is -0.495 e. The Bertz CT molecular complexity index is 954. The minimum atomic E-state index is -4.69. The highest BCUT2D eigenvalue weighted by atomic mass is 127. The Labute approximate surface area is 195 Å². The molecule has 1 aromatic heterocycles. The van der Waals surface area contributed by atoms with E-state index in [2.05, 4.69) is 5.10 Å². The number of ether oxygens (including phenoxy) is 1. The molecule has 1 unspecified atom stereocenters. The fourth-order valence-corrected chi connectivity index (χ4v) is 4.43. The van der Waals surface area contributed by atoms with Crippen molar-refractivity contribution in [1.82, 2.24) is 14.7 Å². The first-order valence-electron chi connectivity index (χ1n) is 8.97. The summed E-state index contributed by atoms with van der Waals surface area (Å²) >= 11 is 13.8. The van der Waals surface area contributed by atoms with Crippen molar-refractivity contribution >= 4 is 57.4 Å². The summed E-state index contributed by atoms with van der Waals surface area (Å²) in [5, 5.41) is 3.70. The number of methoxy groups -OCH3 is 1. The fourth-order valence-electron chi connectivity index (χ4n) is 3.32. The van der Waals surface area contributed by atoms with E-state index >= 15 is 0 Å². The van der Waals surface area contributed by atoms with Crippen LogP contribution in [0.2, 0.25) is 10.0 Å². The molecule has 0 N–H and O–H groups in total. The molecule has 12 heteroatoms. The first-order chi connectivity index (χ1) is 14.1. The highest BCUT2D eigenvalue weighted by Crippen LogP contribution is 2.38. The molecule has 0 spiro atoms. The molecule has 1 amide bonds. The topological polar surface area (TPSA) is 50.6 Å². The van der Waals surface area contributed by atoms with Crippen LogP contribution >= 0.6 is 45.8 Å². The molecule has 1 aliphatic rings. The zero-order chi connectivity index (χ0) is 22.2. The normalized spacial score (nSPS) is 17.4. The van der Waals surface area contributed by atoms with E-state index in [1.165, 1.54) is 16.7 Å². The van der Waals surface area contributed by atoms with Gasteiger partial charge in [0.2, 0.25) is 5.91 Å². The first kappa shape index (κ1) is 23.3. The Morgan fingerprint density at radius 2 is 2.03 bits per heavy atom. The molecule has 164 valence electrons. The zero-order valence-electron chi connectivity index (χ0n) is 16.0.